The number of carbonyl (C=O) groups excluding carboxylic acids is 1. The van der Waals surface area contributed by atoms with Crippen molar-refractivity contribution in [2.75, 3.05) is 6.54 Å². The van der Waals surface area contributed by atoms with Crippen molar-refractivity contribution in [2.45, 2.75) is 20.0 Å². The van der Waals surface area contributed by atoms with Crippen LogP contribution in [0.5, 0.6) is 0 Å². The van der Waals surface area contributed by atoms with Crippen LogP contribution in [0, 0.1) is 5.82 Å². The quantitative estimate of drug-likeness (QED) is 0.644. The van der Waals surface area contributed by atoms with Crippen LogP contribution in [0.25, 0.3) is 10.9 Å². The predicted octanol–water partition coefficient (Wildman–Crippen LogP) is 3.89. The van der Waals surface area contributed by atoms with Crippen LogP contribution in [0.2, 0.25) is 10.0 Å². The Labute approximate surface area is 164 Å². The van der Waals surface area contributed by atoms with E-state index < -0.39 is 5.56 Å². The number of benzene rings is 2. The van der Waals surface area contributed by atoms with Crippen molar-refractivity contribution < 1.29 is 9.18 Å². The smallest absolute Gasteiger partial charge is 0.261 e. The summed E-state index contributed by atoms with van der Waals surface area (Å²) in [6.07, 6.45) is 1.29. The molecule has 0 aliphatic carbocycles. The molecule has 0 saturated carbocycles. The van der Waals surface area contributed by atoms with Crippen LogP contribution in [-0.4, -0.2) is 26.9 Å². The maximum Gasteiger partial charge on any atom is 0.261 e. The number of rotatable bonds is 5. The van der Waals surface area contributed by atoms with Gasteiger partial charge in [0.15, 0.2) is 0 Å². The van der Waals surface area contributed by atoms with Crippen molar-refractivity contribution in [3.63, 3.8) is 0 Å². The first-order valence-electron chi connectivity index (χ1n) is 8.25. The molecule has 1 aromatic heterocycles. The molecular weight excluding hydrogens is 392 g/mol. The number of carbonyl (C=O) groups is 1. The summed E-state index contributed by atoms with van der Waals surface area (Å²) in [7, 11) is 0. The third-order valence-corrected chi connectivity index (χ3v) is 4.65. The number of likely N-dealkylation sites (N-methyl/N-ethyl adjacent to an activating group) is 1. The first-order chi connectivity index (χ1) is 12.9. The summed E-state index contributed by atoms with van der Waals surface area (Å²) in [5, 5.41) is 0.835. The molecule has 0 fully saturated rings. The number of amides is 1. The van der Waals surface area contributed by atoms with E-state index in [4.69, 9.17) is 23.2 Å². The summed E-state index contributed by atoms with van der Waals surface area (Å²) in [5.41, 5.74) is 0.606. The van der Waals surface area contributed by atoms with Gasteiger partial charge in [-0.25, -0.2) is 9.37 Å². The van der Waals surface area contributed by atoms with Gasteiger partial charge >= 0.3 is 0 Å². The molecule has 0 atom stereocenters. The van der Waals surface area contributed by atoms with Crippen molar-refractivity contribution in [2.24, 2.45) is 0 Å². The number of nitrogens with zero attached hydrogens (tertiary/aromatic N) is 3. The van der Waals surface area contributed by atoms with E-state index in [-0.39, 0.29) is 35.2 Å². The minimum atomic E-state index is -0.403. The average molecular weight is 408 g/mol. The monoisotopic (exact) mass is 407 g/mol. The van der Waals surface area contributed by atoms with Gasteiger partial charge in [0.1, 0.15) is 12.4 Å². The maximum atomic E-state index is 13.4. The summed E-state index contributed by atoms with van der Waals surface area (Å²) < 4.78 is 14.6. The molecule has 140 valence electrons. The molecule has 3 aromatic rings. The molecule has 0 aliphatic rings. The molecule has 0 bridgehead atoms. The second kappa shape index (κ2) is 8.06. The fraction of sp³-hybridized carbons (Fsp3) is 0.211. The highest BCUT2D eigenvalue weighted by atomic mass is 35.5. The molecule has 3 rings (SSSR count). The Kier molecular flexibility index (Phi) is 5.77. The van der Waals surface area contributed by atoms with Crippen LogP contribution in [0.15, 0.2) is 47.5 Å². The minimum absolute atomic E-state index is 0.185. The number of hydrogen-bond acceptors (Lipinski definition) is 3. The number of hydrogen-bond donors (Lipinski definition) is 0. The molecule has 0 unspecified atom stereocenters. The van der Waals surface area contributed by atoms with Gasteiger partial charge in [0.25, 0.3) is 5.56 Å². The summed E-state index contributed by atoms with van der Waals surface area (Å²) >= 11 is 12.0. The Morgan fingerprint density at radius 3 is 2.74 bits per heavy atom. The van der Waals surface area contributed by atoms with Gasteiger partial charge in [0.2, 0.25) is 5.91 Å². The van der Waals surface area contributed by atoms with Crippen molar-refractivity contribution in [1.29, 1.82) is 0 Å². The lowest BCUT2D eigenvalue weighted by Crippen LogP contribution is -2.36. The van der Waals surface area contributed by atoms with Gasteiger partial charge in [-0.2, -0.15) is 0 Å². The van der Waals surface area contributed by atoms with E-state index in [9.17, 15) is 14.0 Å². The zero-order valence-corrected chi connectivity index (χ0v) is 16.0. The molecule has 1 amide bonds. The van der Waals surface area contributed by atoms with Crippen LogP contribution in [0.1, 0.15) is 12.5 Å². The zero-order valence-electron chi connectivity index (χ0n) is 14.5. The third kappa shape index (κ3) is 4.28. The van der Waals surface area contributed by atoms with Crippen molar-refractivity contribution in [3.8, 4) is 0 Å². The lowest BCUT2D eigenvalue weighted by molar-refractivity contribution is -0.132. The summed E-state index contributed by atoms with van der Waals surface area (Å²) in [4.78, 5) is 31.0. The molecule has 8 heteroatoms. The lowest BCUT2D eigenvalue weighted by Gasteiger charge is -2.21. The molecule has 2 aromatic carbocycles. The van der Waals surface area contributed by atoms with E-state index in [1.807, 2.05) is 6.92 Å². The first-order valence-corrected chi connectivity index (χ1v) is 9.01. The fourth-order valence-electron chi connectivity index (χ4n) is 2.79. The summed E-state index contributed by atoms with van der Waals surface area (Å²) in [6, 6.07) is 9.04. The highest BCUT2D eigenvalue weighted by Gasteiger charge is 2.16. The Morgan fingerprint density at radius 1 is 1.26 bits per heavy atom. The molecular formula is C19H16Cl2FN3O2. The minimum Gasteiger partial charge on any atom is -0.337 e. The Balaban J connectivity index is 1.86. The van der Waals surface area contributed by atoms with Gasteiger partial charge in [-0.05, 0) is 36.8 Å². The average Bonchev–Trinajstić information content (AvgIpc) is 2.62. The second-order valence-corrected chi connectivity index (χ2v) is 6.84. The topological polar surface area (TPSA) is 55.2 Å². The largest absolute Gasteiger partial charge is 0.337 e. The van der Waals surface area contributed by atoms with E-state index in [1.165, 1.54) is 40.1 Å². The van der Waals surface area contributed by atoms with Gasteiger partial charge in [0.05, 0.1) is 22.3 Å². The lowest BCUT2D eigenvalue weighted by atomic mass is 10.2. The number of aromatic nitrogens is 2. The predicted molar refractivity (Wildman–Crippen MR) is 104 cm³/mol. The Hall–Kier alpha value is -2.44. The van der Waals surface area contributed by atoms with Gasteiger partial charge in [-0.15, -0.1) is 0 Å². The highest BCUT2D eigenvalue weighted by Crippen LogP contribution is 2.24. The molecule has 0 N–H and O–H groups in total. The number of fused-ring (bicyclic) bond motifs is 1. The van der Waals surface area contributed by atoms with Crippen LogP contribution >= 0.6 is 23.2 Å². The molecule has 0 aliphatic heterocycles. The van der Waals surface area contributed by atoms with Crippen LogP contribution in [-0.2, 0) is 17.9 Å². The SMILES string of the molecule is CCN(Cc1cccc(F)c1)C(=O)Cn1cnc2c(Cl)cc(Cl)cc2c1=O. The highest BCUT2D eigenvalue weighted by molar-refractivity contribution is 6.38. The summed E-state index contributed by atoms with van der Waals surface area (Å²) in [6.45, 7) is 2.30. The Bertz CT molecular complexity index is 1070. The maximum absolute atomic E-state index is 13.4. The molecule has 0 spiro atoms. The van der Waals surface area contributed by atoms with E-state index >= 15 is 0 Å². The molecule has 27 heavy (non-hydrogen) atoms. The fourth-order valence-corrected chi connectivity index (χ4v) is 3.33. The van der Waals surface area contributed by atoms with E-state index in [2.05, 4.69) is 4.98 Å². The van der Waals surface area contributed by atoms with Gasteiger partial charge in [-0.1, -0.05) is 35.3 Å². The van der Waals surface area contributed by atoms with Crippen molar-refractivity contribution >= 4 is 40.0 Å². The van der Waals surface area contributed by atoms with Crippen molar-refractivity contribution in [1.82, 2.24) is 14.5 Å². The molecule has 1 heterocycles. The second-order valence-electron chi connectivity index (χ2n) is 6.00. The van der Waals surface area contributed by atoms with Crippen LogP contribution < -0.4 is 5.56 Å². The molecule has 0 saturated heterocycles. The van der Waals surface area contributed by atoms with E-state index in [1.54, 1.807) is 12.1 Å². The van der Waals surface area contributed by atoms with Gasteiger partial charge in [-0.3, -0.25) is 14.2 Å². The molecule has 5 nitrogen and oxygen atoms in total. The third-order valence-electron chi connectivity index (χ3n) is 4.15. The Morgan fingerprint density at radius 2 is 2.04 bits per heavy atom. The van der Waals surface area contributed by atoms with Crippen molar-refractivity contribution in [3.05, 3.63) is 74.5 Å². The van der Waals surface area contributed by atoms with Gasteiger partial charge in [0, 0.05) is 18.1 Å². The molecule has 0 radical (unpaired) electrons. The van der Waals surface area contributed by atoms with Gasteiger partial charge < -0.3 is 4.90 Å². The van der Waals surface area contributed by atoms with Crippen LogP contribution in [0.3, 0.4) is 0 Å². The zero-order chi connectivity index (χ0) is 19.6. The normalized spacial score (nSPS) is 11.0. The number of halogens is 3. The van der Waals surface area contributed by atoms with E-state index in [0.29, 0.717) is 22.6 Å². The summed E-state index contributed by atoms with van der Waals surface area (Å²) in [5.74, 6) is -0.641. The van der Waals surface area contributed by atoms with Crippen LogP contribution in [0.4, 0.5) is 4.39 Å². The standard InChI is InChI=1S/C19H16Cl2FN3O2/c1-2-24(9-12-4-3-5-14(22)6-12)17(26)10-25-11-23-18-15(19(25)27)7-13(20)8-16(18)21/h3-8,11H,2,9-10H2,1H3. The van der Waals surface area contributed by atoms with E-state index in [0.717, 1.165) is 0 Å². The first kappa shape index (κ1) is 19.3.